The quantitative estimate of drug-likeness (QED) is 0.497. The van der Waals surface area contributed by atoms with Crippen molar-refractivity contribution in [2.75, 3.05) is 7.11 Å². The number of fused-ring (bicyclic) bond motifs is 1. The van der Waals surface area contributed by atoms with E-state index in [1.807, 2.05) is 61.0 Å². The van der Waals surface area contributed by atoms with Crippen molar-refractivity contribution in [1.29, 1.82) is 0 Å². The molecule has 0 saturated carbocycles. The van der Waals surface area contributed by atoms with Crippen molar-refractivity contribution in [2.45, 2.75) is 20.4 Å². The smallest absolute Gasteiger partial charge is 0.340 e. The average molecular weight is 387 g/mol. The highest BCUT2D eigenvalue weighted by atomic mass is 16.5. The number of ether oxygens (including phenoxy) is 1. The van der Waals surface area contributed by atoms with Gasteiger partial charge in [-0.25, -0.2) is 4.79 Å². The van der Waals surface area contributed by atoms with Crippen molar-refractivity contribution >= 4 is 22.8 Å². The molecule has 2 aromatic carbocycles. The van der Waals surface area contributed by atoms with Crippen LogP contribution in [0.4, 0.5) is 0 Å². The zero-order valence-electron chi connectivity index (χ0n) is 16.5. The standard InChI is InChI=1S/C23H21N3O3/c1-15-12-16(2)26(24-15)13-17-8-10-18(11-9-17)22(27)25-14-20(23(28)29-3)19-6-4-5-7-21(19)25/h4-12,14H,13H2,1-3H3. The van der Waals surface area contributed by atoms with E-state index in [-0.39, 0.29) is 5.91 Å². The summed E-state index contributed by atoms with van der Waals surface area (Å²) < 4.78 is 8.29. The number of hydrogen-bond donors (Lipinski definition) is 0. The normalized spacial score (nSPS) is 11.0. The van der Waals surface area contributed by atoms with E-state index in [4.69, 9.17) is 4.74 Å². The van der Waals surface area contributed by atoms with E-state index < -0.39 is 5.97 Å². The molecule has 146 valence electrons. The van der Waals surface area contributed by atoms with Crippen LogP contribution in [-0.4, -0.2) is 33.3 Å². The monoisotopic (exact) mass is 387 g/mol. The first kappa shape index (κ1) is 18.7. The van der Waals surface area contributed by atoms with Crippen LogP contribution >= 0.6 is 0 Å². The van der Waals surface area contributed by atoms with Crippen LogP contribution < -0.4 is 0 Å². The van der Waals surface area contributed by atoms with Crippen molar-refractivity contribution in [3.63, 3.8) is 0 Å². The number of methoxy groups -OCH3 is 1. The molecule has 2 aromatic heterocycles. The molecule has 0 bridgehead atoms. The number of hydrogen-bond acceptors (Lipinski definition) is 4. The summed E-state index contributed by atoms with van der Waals surface area (Å²) in [6.07, 6.45) is 1.54. The van der Waals surface area contributed by atoms with Gasteiger partial charge in [0.1, 0.15) is 0 Å². The molecule has 0 aliphatic carbocycles. The summed E-state index contributed by atoms with van der Waals surface area (Å²) in [6.45, 7) is 4.64. The fourth-order valence-electron chi connectivity index (χ4n) is 3.52. The van der Waals surface area contributed by atoms with E-state index in [0.29, 0.717) is 28.6 Å². The molecule has 0 aliphatic heterocycles. The molecular weight excluding hydrogens is 366 g/mol. The molecule has 0 fully saturated rings. The molecule has 0 aliphatic rings. The Kier molecular flexibility index (Phi) is 4.76. The first-order valence-corrected chi connectivity index (χ1v) is 9.31. The molecule has 0 radical (unpaired) electrons. The highest BCUT2D eigenvalue weighted by Crippen LogP contribution is 2.23. The Labute approximate surface area is 168 Å². The first-order chi connectivity index (χ1) is 14.0. The summed E-state index contributed by atoms with van der Waals surface area (Å²) in [5, 5.41) is 5.16. The number of nitrogens with zero attached hydrogens (tertiary/aromatic N) is 3. The number of benzene rings is 2. The minimum absolute atomic E-state index is 0.200. The van der Waals surface area contributed by atoms with E-state index in [2.05, 4.69) is 5.10 Å². The molecule has 0 saturated heterocycles. The van der Waals surface area contributed by atoms with Gasteiger partial charge < -0.3 is 4.74 Å². The molecule has 4 rings (SSSR count). The highest BCUT2D eigenvalue weighted by Gasteiger charge is 2.19. The fraction of sp³-hybridized carbons (Fsp3) is 0.174. The molecule has 6 heteroatoms. The summed E-state index contributed by atoms with van der Waals surface area (Å²) in [4.78, 5) is 25.2. The van der Waals surface area contributed by atoms with Gasteiger partial charge in [0, 0.05) is 22.8 Å². The largest absolute Gasteiger partial charge is 0.465 e. The van der Waals surface area contributed by atoms with Crippen LogP contribution in [0.25, 0.3) is 10.9 Å². The summed E-state index contributed by atoms with van der Waals surface area (Å²) in [7, 11) is 1.33. The lowest BCUT2D eigenvalue weighted by molar-refractivity contribution is 0.0603. The molecule has 2 heterocycles. The Bertz CT molecular complexity index is 1220. The number of rotatable bonds is 4. The lowest BCUT2D eigenvalue weighted by atomic mass is 10.1. The Hall–Kier alpha value is -3.67. The summed E-state index contributed by atoms with van der Waals surface area (Å²) in [5.74, 6) is -0.665. The van der Waals surface area contributed by atoms with Crippen molar-refractivity contribution in [3.05, 3.63) is 88.9 Å². The van der Waals surface area contributed by atoms with Crippen molar-refractivity contribution in [1.82, 2.24) is 14.3 Å². The van der Waals surface area contributed by atoms with Crippen LogP contribution in [0.15, 0.2) is 60.8 Å². The van der Waals surface area contributed by atoms with Crippen LogP contribution in [0.3, 0.4) is 0 Å². The van der Waals surface area contributed by atoms with E-state index in [1.54, 1.807) is 18.3 Å². The number of carbonyl (C=O) groups excluding carboxylic acids is 2. The molecule has 6 nitrogen and oxygen atoms in total. The van der Waals surface area contributed by atoms with E-state index >= 15 is 0 Å². The van der Waals surface area contributed by atoms with Crippen LogP contribution in [0.5, 0.6) is 0 Å². The minimum Gasteiger partial charge on any atom is -0.465 e. The maximum absolute atomic E-state index is 13.1. The van der Waals surface area contributed by atoms with E-state index in [0.717, 1.165) is 17.0 Å². The molecule has 0 amide bonds. The molecule has 4 aromatic rings. The van der Waals surface area contributed by atoms with E-state index in [9.17, 15) is 9.59 Å². The van der Waals surface area contributed by atoms with Crippen molar-refractivity contribution in [2.24, 2.45) is 0 Å². The first-order valence-electron chi connectivity index (χ1n) is 9.31. The number of aromatic nitrogens is 3. The second-order valence-electron chi connectivity index (χ2n) is 7.01. The van der Waals surface area contributed by atoms with Crippen molar-refractivity contribution < 1.29 is 14.3 Å². The molecule has 0 unspecified atom stereocenters. The number of aryl methyl sites for hydroxylation is 2. The summed E-state index contributed by atoms with van der Waals surface area (Å²) >= 11 is 0. The van der Waals surface area contributed by atoms with Gasteiger partial charge in [0.05, 0.1) is 30.4 Å². The van der Waals surface area contributed by atoms with Crippen LogP contribution in [-0.2, 0) is 11.3 Å². The minimum atomic E-state index is -0.465. The van der Waals surface area contributed by atoms with Gasteiger partial charge in [-0.2, -0.15) is 5.10 Å². The maximum atomic E-state index is 13.1. The molecule has 0 spiro atoms. The Morgan fingerprint density at radius 3 is 2.41 bits per heavy atom. The van der Waals surface area contributed by atoms with Crippen LogP contribution in [0, 0.1) is 13.8 Å². The highest BCUT2D eigenvalue weighted by molar-refractivity contribution is 6.09. The molecular formula is C23H21N3O3. The van der Waals surface area contributed by atoms with Gasteiger partial charge in [-0.05, 0) is 43.7 Å². The van der Waals surface area contributed by atoms with Crippen molar-refractivity contribution in [3.8, 4) is 0 Å². The van der Waals surface area contributed by atoms with Crippen LogP contribution in [0.2, 0.25) is 0 Å². The third kappa shape index (κ3) is 3.45. The lowest BCUT2D eigenvalue weighted by Gasteiger charge is -2.07. The molecule has 0 atom stereocenters. The van der Waals surface area contributed by atoms with Gasteiger partial charge in [0.15, 0.2) is 0 Å². The Morgan fingerprint density at radius 1 is 1.03 bits per heavy atom. The number of carbonyl (C=O) groups is 2. The molecule has 0 N–H and O–H groups in total. The fourth-order valence-corrected chi connectivity index (χ4v) is 3.52. The number of para-hydroxylation sites is 1. The summed E-state index contributed by atoms with van der Waals surface area (Å²) in [5.41, 5.74) is 4.72. The topological polar surface area (TPSA) is 66.1 Å². The van der Waals surface area contributed by atoms with Gasteiger partial charge in [-0.15, -0.1) is 0 Å². The predicted octanol–water partition coefficient (Wildman–Crippen LogP) is 3.98. The third-order valence-electron chi connectivity index (χ3n) is 4.97. The molecule has 29 heavy (non-hydrogen) atoms. The Balaban J connectivity index is 1.65. The maximum Gasteiger partial charge on any atom is 0.340 e. The SMILES string of the molecule is COC(=O)c1cn(C(=O)c2ccc(Cn3nc(C)cc3C)cc2)c2ccccc12. The van der Waals surface area contributed by atoms with Gasteiger partial charge >= 0.3 is 5.97 Å². The second kappa shape index (κ2) is 7.39. The Morgan fingerprint density at radius 2 is 1.76 bits per heavy atom. The van der Waals surface area contributed by atoms with Gasteiger partial charge in [0.25, 0.3) is 5.91 Å². The van der Waals surface area contributed by atoms with E-state index in [1.165, 1.54) is 11.7 Å². The zero-order valence-corrected chi connectivity index (χ0v) is 16.5. The van der Waals surface area contributed by atoms with Gasteiger partial charge in [0.2, 0.25) is 0 Å². The zero-order chi connectivity index (χ0) is 20.5. The average Bonchev–Trinajstić information content (AvgIpc) is 3.27. The van der Waals surface area contributed by atoms with Crippen LogP contribution in [0.1, 0.15) is 37.7 Å². The van der Waals surface area contributed by atoms with Gasteiger partial charge in [-0.1, -0.05) is 30.3 Å². The number of esters is 1. The summed E-state index contributed by atoms with van der Waals surface area (Å²) in [6, 6.07) is 16.8. The van der Waals surface area contributed by atoms with Gasteiger partial charge in [-0.3, -0.25) is 14.0 Å². The third-order valence-corrected chi connectivity index (χ3v) is 4.97. The second-order valence-corrected chi connectivity index (χ2v) is 7.01. The predicted molar refractivity (Wildman–Crippen MR) is 110 cm³/mol. The lowest BCUT2D eigenvalue weighted by Crippen LogP contribution is -2.11.